The molecule has 1 heterocycles. The molecule has 0 saturated heterocycles. The van der Waals surface area contributed by atoms with Crippen molar-refractivity contribution in [2.45, 2.75) is 19.9 Å². The highest BCUT2D eigenvalue weighted by molar-refractivity contribution is 7.99. The standard InChI is InChI=1S/C11H19N3S/c1-3-13-10(8-15-4-2)9-6-5-7-14-11(9)12/h5-7,10,13H,3-4,8H2,1-2H3,(H2,12,14). The van der Waals surface area contributed by atoms with E-state index in [0.717, 1.165) is 23.6 Å². The third-order valence-corrected chi connectivity index (χ3v) is 3.16. The normalized spacial score (nSPS) is 12.7. The number of aromatic nitrogens is 1. The van der Waals surface area contributed by atoms with Crippen LogP contribution in [-0.2, 0) is 0 Å². The zero-order chi connectivity index (χ0) is 11.1. The topological polar surface area (TPSA) is 50.9 Å². The zero-order valence-electron chi connectivity index (χ0n) is 9.36. The van der Waals surface area contributed by atoms with Crippen LogP contribution in [-0.4, -0.2) is 23.0 Å². The van der Waals surface area contributed by atoms with Crippen molar-refractivity contribution in [2.75, 3.05) is 23.8 Å². The molecule has 15 heavy (non-hydrogen) atoms. The molecule has 0 aliphatic carbocycles. The van der Waals surface area contributed by atoms with Gasteiger partial charge in [-0.2, -0.15) is 11.8 Å². The second-order valence-electron chi connectivity index (χ2n) is 3.25. The maximum Gasteiger partial charge on any atom is 0.128 e. The number of nitrogen functional groups attached to an aromatic ring is 1. The number of rotatable bonds is 6. The highest BCUT2D eigenvalue weighted by Gasteiger charge is 2.12. The first kappa shape index (κ1) is 12.3. The summed E-state index contributed by atoms with van der Waals surface area (Å²) in [5, 5.41) is 3.43. The van der Waals surface area contributed by atoms with Crippen LogP contribution in [0.4, 0.5) is 5.82 Å². The lowest BCUT2D eigenvalue weighted by Gasteiger charge is -2.18. The number of pyridine rings is 1. The SMILES string of the molecule is CCNC(CSCC)c1cccnc1N. The number of nitrogens with one attached hydrogen (secondary N) is 1. The molecule has 0 radical (unpaired) electrons. The lowest BCUT2D eigenvalue weighted by atomic mass is 10.1. The molecule has 0 amide bonds. The summed E-state index contributed by atoms with van der Waals surface area (Å²) in [5.41, 5.74) is 6.97. The van der Waals surface area contributed by atoms with E-state index in [2.05, 4.69) is 24.1 Å². The fourth-order valence-corrected chi connectivity index (χ4v) is 2.23. The van der Waals surface area contributed by atoms with E-state index in [9.17, 15) is 0 Å². The van der Waals surface area contributed by atoms with Crippen molar-refractivity contribution in [2.24, 2.45) is 0 Å². The number of nitrogens with two attached hydrogens (primary N) is 1. The molecule has 0 aliphatic rings. The third-order valence-electron chi connectivity index (χ3n) is 2.19. The summed E-state index contributed by atoms with van der Waals surface area (Å²) >= 11 is 1.91. The molecule has 1 aromatic heterocycles. The molecular formula is C11H19N3S. The number of anilines is 1. The summed E-state index contributed by atoms with van der Waals surface area (Å²) in [6, 6.07) is 4.30. The zero-order valence-corrected chi connectivity index (χ0v) is 10.2. The number of nitrogens with zero attached hydrogens (tertiary/aromatic N) is 1. The van der Waals surface area contributed by atoms with Crippen molar-refractivity contribution in [3.8, 4) is 0 Å². The molecule has 0 spiro atoms. The quantitative estimate of drug-likeness (QED) is 0.778. The molecule has 0 fully saturated rings. The fourth-order valence-electron chi connectivity index (χ4n) is 1.47. The van der Waals surface area contributed by atoms with Crippen LogP contribution in [0.25, 0.3) is 0 Å². The Morgan fingerprint density at radius 1 is 1.53 bits per heavy atom. The first-order valence-corrected chi connectivity index (χ1v) is 6.46. The molecule has 4 heteroatoms. The van der Waals surface area contributed by atoms with E-state index in [0.29, 0.717) is 11.9 Å². The molecule has 0 saturated carbocycles. The molecule has 3 N–H and O–H groups in total. The molecule has 0 aliphatic heterocycles. The van der Waals surface area contributed by atoms with Crippen molar-refractivity contribution in [1.29, 1.82) is 0 Å². The Morgan fingerprint density at radius 2 is 2.33 bits per heavy atom. The monoisotopic (exact) mass is 225 g/mol. The molecule has 1 rings (SSSR count). The van der Waals surface area contributed by atoms with Crippen LogP contribution in [0.2, 0.25) is 0 Å². The Kier molecular flexibility index (Phi) is 5.50. The largest absolute Gasteiger partial charge is 0.383 e. The lowest BCUT2D eigenvalue weighted by molar-refractivity contribution is 0.606. The van der Waals surface area contributed by atoms with E-state index in [4.69, 9.17) is 5.73 Å². The van der Waals surface area contributed by atoms with Crippen molar-refractivity contribution in [1.82, 2.24) is 10.3 Å². The van der Waals surface area contributed by atoms with Crippen molar-refractivity contribution in [3.63, 3.8) is 0 Å². The lowest BCUT2D eigenvalue weighted by Crippen LogP contribution is -2.24. The minimum absolute atomic E-state index is 0.314. The van der Waals surface area contributed by atoms with Crippen molar-refractivity contribution < 1.29 is 0 Å². The van der Waals surface area contributed by atoms with Gasteiger partial charge in [0.25, 0.3) is 0 Å². The summed E-state index contributed by atoms with van der Waals surface area (Å²) in [6.07, 6.45) is 1.73. The van der Waals surface area contributed by atoms with Gasteiger partial charge < -0.3 is 11.1 Å². The Hall–Kier alpha value is -0.740. The smallest absolute Gasteiger partial charge is 0.128 e. The summed E-state index contributed by atoms with van der Waals surface area (Å²) in [6.45, 7) is 5.22. The van der Waals surface area contributed by atoms with Crippen molar-refractivity contribution >= 4 is 17.6 Å². The summed E-state index contributed by atoms with van der Waals surface area (Å²) in [4.78, 5) is 4.12. The fraction of sp³-hybridized carbons (Fsp3) is 0.545. The highest BCUT2D eigenvalue weighted by Crippen LogP contribution is 2.21. The third kappa shape index (κ3) is 3.72. The molecule has 1 atom stereocenters. The van der Waals surface area contributed by atoms with Gasteiger partial charge in [0, 0.05) is 23.6 Å². The van der Waals surface area contributed by atoms with E-state index in [1.54, 1.807) is 6.20 Å². The van der Waals surface area contributed by atoms with Crippen LogP contribution >= 0.6 is 11.8 Å². The van der Waals surface area contributed by atoms with E-state index in [-0.39, 0.29) is 0 Å². The predicted octanol–water partition coefficient (Wildman–Crippen LogP) is 2.07. The van der Waals surface area contributed by atoms with Gasteiger partial charge in [0.1, 0.15) is 5.82 Å². The summed E-state index contributed by atoms with van der Waals surface area (Å²) in [7, 11) is 0. The van der Waals surface area contributed by atoms with Gasteiger partial charge in [-0.1, -0.05) is 19.9 Å². The maximum atomic E-state index is 5.86. The molecule has 1 aromatic rings. The first-order valence-electron chi connectivity index (χ1n) is 5.31. The second-order valence-corrected chi connectivity index (χ2v) is 4.57. The van der Waals surface area contributed by atoms with Crippen LogP contribution in [0.15, 0.2) is 18.3 Å². The Bertz CT molecular complexity index is 291. The molecular weight excluding hydrogens is 206 g/mol. The molecule has 3 nitrogen and oxygen atoms in total. The van der Waals surface area contributed by atoms with Crippen LogP contribution in [0.1, 0.15) is 25.5 Å². The van der Waals surface area contributed by atoms with Crippen LogP contribution < -0.4 is 11.1 Å². The molecule has 84 valence electrons. The molecule has 1 unspecified atom stereocenters. The van der Waals surface area contributed by atoms with Crippen molar-refractivity contribution in [3.05, 3.63) is 23.9 Å². The van der Waals surface area contributed by atoms with E-state index >= 15 is 0 Å². The number of hydrogen-bond donors (Lipinski definition) is 2. The maximum absolute atomic E-state index is 5.86. The van der Waals surface area contributed by atoms with Gasteiger partial charge in [0.2, 0.25) is 0 Å². The van der Waals surface area contributed by atoms with E-state index in [1.165, 1.54) is 0 Å². The van der Waals surface area contributed by atoms with Gasteiger partial charge in [-0.15, -0.1) is 0 Å². The van der Waals surface area contributed by atoms with Gasteiger partial charge in [-0.25, -0.2) is 4.98 Å². The minimum atomic E-state index is 0.314. The predicted molar refractivity (Wildman–Crippen MR) is 68.1 cm³/mol. The van der Waals surface area contributed by atoms with Gasteiger partial charge in [0.05, 0.1) is 0 Å². The van der Waals surface area contributed by atoms with Gasteiger partial charge in [-0.3, -0.25) is 0 Å². The van der Waals surface area contributed by atoms with Gasteiger partial charge in [0.15, 0.2) is 0 Å². The first-order chi connectivity index (χ1) is 7.29. The van der Waals surface area contributed by atoms with Crippen LogP contribution in [0.5, 0.6) is 0 Å². The minimum Gasteiger partial charge on any atom is -0.383 e. The highest BCUT2D eigenvalue weighted by atomic mass is 32.2. The van der Waals surface area contributed by atoms with Crippen LogP contribution in [0, 0.1) is 0 Å². The molecule has 0 aromatic carbocycles. The Morgan fingerprint density at radius 3 is 2.93 bits per heavy atom. The Balaban J connectivity index is 2.74. The van der Waals surface area contributed by atoms with Gasteiger partial charge >= 0.3 is 0 Å². The number of hydrogen-bond acceptors (Lipinski definition) is 4. The summed E-state index contributed by atoms with van der Waals surface area (Å²) < 4.78 is 0. The Labute approximate surface area is 95.9 Å². The average molecular weight is 225 g/mol. The van der Waals surface area contributed by atoms with Gasteiger partial charge in [-0.05, 0) is 18.4 Å². The average Bonchev–Trinajstić information content (AvgIpc) is 2.25. The van der Waals surface area contributed by atoms with Crippen LogP contribution in [0.3, 0.4) is 0 Å². The van der Waals surface area contributed by atoms with E-state index in [1.807, 2.05) is 23.9 Å². The van der Waals surface area contributed by atoms with E-state index < -0.39 is 0 Å². The summed E-state index contributed by atoms with van der Waals surface area (Å²) in [5.74, 6) is 2.81. The number of thioether (sulfide) groups is 1. The second kappa shape index (κ2) is 6.69. The molecule has 0 bridgehead atoms.